The third-order valence-corrected chi connectivity index (χ3v) is 10.3. The lowest BCUT2D eigenvalue weighted by Crippen LogP contribution is -2.53. The molecule has 1 aliphatic rings. The third kappa shape index (κ3) is 7.86. The van der Waals surface area contributed by atoms with Crippen LogP contribution in [0.2, 0.25) is 10.0 Å². The number of halogens is 2. The van der Waals surface area contributed by atoms with Gasteiger partial charge in [0.05, 0.1) is 17.7 Å². The van der Waals surface area contributed by atoms with Gasteiger partial charge in [-0.3, -0.25) is 13.9 Å². The van der Waals surface area contributed by atoms with Gasteiger partial charge in [0, 0.05) is 22.6 Å². The minimum absolute atomic E-state index is 0.0190. The fourth-order valence-corrected chi connectivity index (χ4v) is 7.35. The fraction of sp³-hybridized carbons (Fsp3) is 0.394. The third-order valence-electron chi connectivity index (χ3n) is 7.93. The Kier molecular flexibility index (Phi) is 11.2. The van der Waals surface area contributed by atoms with Crippen molar-refractivity contribution < 1.29 is 22.7 Å². The standard InChI is InChI=1S/C33H39Cl2N3O5S/c1-5-29(33(40)36-26-8-6-7-9-26)37(20-24-13-14-25(34)19-28(24)35)32(39)21-38(30-18-23(3)12-17-31(30)43-4)44(41,42)27-15-10-22(2)11-16-27/h10-19,26,29H,5-9,20-21H2,1-4H3,(H,36,40)/t29-/m0/s1. The Morgan fingerprint density at radius 2 is 1.64 bits per heavy atom. The van der Waals surface area contributed by atoms with Gasteiger partial charge >= 0.3 is 0 Å². The van der Waals surface area contributed by atoms with Crippen LogP contribution in [-0.2, 0) is 26.2 Å². The maximum Gasteiger partial charge on any atom is 0.264 e. The molecular formula is C33H39Cl2N3O5S. The van der Waals surface area contributed by atoms with E-state index >= 15 is 0 Å². The molecule has 1 atom stereocenters. The second-order valence-corrected chi connectivity index (χ2v) is 13.9. The molecule has 1 fully saturated rings. The summed E-state index contributed by atoms with van der Waals surface area (Å²) in [5.74, 6) is -0.556. The summed E-state index contributed by atoms with van der Waals surface area (Å²) in [5, 5.41) is 3.88. The van der Waals surface area contributed by atoms with E-state index in [1.54, 1.807) is 48.5 Å². The van der Waals surface area contributed by atoms with E-state index in [4.69, 9.17) is 27.9 Å². The number of carbonyl (C=O) groups is 2. The van der Waals surface area contributed by atoms with Gasteiger partial charge in [-0.25, -0.2) is 8.42 Å². The van der Waals surface area contributed by atoms with Crippen LogP contribution in [0.3, 0.4) is 0 Å². The summed E-state index contributed by atoms with van der Waals surface area (Å²) in [6, 6.07) is 15.7. The van der Waals surface area contributed by atoms with Crippen molar-refractivity contribution >= 4 is 50.7 Å². The van der Waals surface area contributed by atoms with Crippen LogP contribution in [0.15, 0.2) is 65.6 Å². The molecule has 8 nitrogen and oxygen atoms in total. The molecule has 0 spiro atoms. The van der Waals surface area contributed by atoms with Crippen molar-refractivity contribution in [2.75, 3.05) is 18.0 Å². The number of ether oxygens (including phenoxy) is 1. The summed E-state index contributed by atoms with van der Waals surface area (Å²) in [4.78, 5) is 29.5. The zero-order valence-electron chi connectivity index (χ0n) is 25.5. The van der Waals surface area contributed by atoms with Crippen LogP contribution in [0.1, 0.15) is 55.7 Å². The van der Waals surface area contributed by atoms with Crippen LogP contribution in [0.4, 0.5) is 5.69 Å². The Morgan fingerprint density at radius 1 is 0.977 bits per heavy atom. The number of aryl methyl sites for hydroxylation is 2. The molecule has 4 rings (SSSR count). The number of anilines is 1. The Morgan fingerprint density at radius 3 is 2.25 bits per heavy atom. The van der Waals surface area contributed by atoms with E-state index in [9.17, 15) is 18.0 Å². The molecule has 1 aliphatic carbocycles. The Bertz CT molecular complexity index is 1590. The van der Waals surface area contributed by atoms with E-state index in [0.717, 1.165) is 41.1 Å². The number of hydrogen-bond acceptors (Lipinski definition) is 5. The highest BCUT2D eigenvalue weighted by Crippen LogP contribution is 2.34. The zero-order chi connectivity index (χ0) is 32.0. The van der Waals surface area contributed by atoms with Gasteiger partial charge in [-0.05, 0) is 80.6 Å². The van der Waals surface area contributed by atoms with Gasteiger partial charge in [0.2, 0.25) is 11.8 Å². The number of hydrogen-bond donors (Lipinski definition) is 1. The highest BCUT2D eigenvalue weighted by molar-refractivity contribution is 7.92. The van der Waals surface area contributed by atoms with Crippen molar-refractivity contribution in [3.63, 3.8) is 0 Å². The number of carbonyl (C=O) groups excluding carboxylic acids is 2. The zero-order valence-corrected chi connectivity index (χ0v) is 27.8. The first-order valence-corrected chi connectivity index (χ1v) is 16.9. The number of nitrogens with zero attached hydrogens (tertiary/aromatic N) is 2. The largest absolute Gasteiger partial charge is 0.495 e. The maximum absolute atomic E-state index is 14.4. The second-order valence-electron chi connectivity index (χ2n) is 11.2. The van der Waals surface area contributed by atoms with Crippen LogP contribution < -0.4 is 14.4 Å². The molecule has 1 saturated carbocycles. The number of rotatable bonds is 12. The molecule has 236 valence electrons. The lowest BCUT2D eigenvalue weighted by Gasteiger charge is -2.34. The number of nitrogens with one attached hydrogen (secondary N) is 1. The molecule has 0 unspecified atom stereocenters. The molecule has 0 saturated heterocycles. The fourth-order valence-electron chi connectivity index (χ4n) is 5.47. The van der Waals surface area contributed by atoms with Gasteiger partial charge < -0.3 is 15.0 Å². The van der Waals surface area contributed by atoms with Gasteiger partial charge in [0.15, 0.2) is 0 Å². The van der Waals surface area contributed by atoms with Crippen molar-refractivity contribution in [2.45, 2.75) is 76.4 Å². The monoisotopic (exact) mass is 659 g/mol. The molecule has 1 N–H and O–H groups in total. The molecule has 0 bridgehead atoms. The lowest BCUT2D eigenvalue weighted by atomic mass is 10.1. The van der Waals surface area contributed by atoms with Crippen molar-refractivity contribution in [1.82, 2.24) is 10.2 Å². The Balaban J connectivity index is 1.78. The number of sulfonamides is 1. The second kappa shape index (κ2) is 14.7. The summed E-state index contributed by atoms with van der Waals surface area (Å²) in [5.41, 5.74) is 2.47. The summed E-state index contributed by atoms with van der Waals surface area (Å²) >= 11 is 12.7. The molecule has 0 radical (unpaired) electrons. The number of benzene rings is 3. The molecule has 11 heteroatoms. The van der Waals surface area contributed by atoms with E-state index in [-0.39, 0.29) is 34.8 Å². The number of amides is 2. The van der Waals surface area contributed by atoms with Gasteiger partial charge in [-0.1, -0.05) is 72.8 Å². The first kappa shape index (κ1) is 33.6. The summed E-state index contributed by atoms with van der Waals surface area (Å²) < 4.78 is 35.1. The van der Waals surface area contributed by atoms with E-state index in [1.165, 1.54) is 24.1 Å². The molecule has 3 aromatic rings. The number of methoxy groups -OCH3 is 1. The lowest BCUT2D eigenvalue weighted by molar-refractivity contribution is -0.140. The van der Waals surface area contributed by atoms with Gasteiger partial charge in [-0.15, -0.1) is 0 Å². The molecule has 0 aromatic heterocycles. The van der Waals surface area contributed by atoms with Crippen LogP contribution in [0, 0.1) is 13.8 Å². The molecular weight excluding hydrogens is 621 g/mol. The quantitative estimate of drug-likeness (QED) is 0.234. The normalized spacial score (nSPS) is 14.2. The predicted molar refractivity (Wildman–Crippen MR) is 175 cm³/mol. The SMILES string of the molecule is CC[C@@H](C(=O)NC1CCCC1)N(Cc1ccc(Cl)cc1Cl)C(=O)CN(c1cc(C)ccc1OC)S(=O)(=O)c1ccc(C)cc1. The van der Waals surface area contributed by atoms with Gasteiger partial charge in [0.25, 0.3) is 10.0 Å². The van der Waals surface area contributed by atoms with Gasteiger partial charge in [-0.2, -0.15) is 0 Å². The molecule has 0 heterocycles. The van der Waals surface area contributed by atoms with Crippen molar-refractivity contribution in [1.29, 1.82) is 0 Å². The van der Waals surface area contributed by atoms with Crippen molar-refractivity contribution in [3.05, 3.63) is 87.4 Å². The minimum Gasteiger partial charge on any atom is -0.495 e. The first-order chi connectivity index (χ1) is 20.9. The van der Waals surface area contributed by atoms with Crippen LogP contribution in [-0.4, -0.2) is 50.9 Å². The first-order valence-electron chi connectivity index (χ1n) is 14.7. The van der Waals surface area contributed by atoms with E-state index in [0.29, 0.717) is 22.0 Å². The van der Waals surface area contributed by atoms with E-state index in [2.05, 4.69) is 5.32 Å². The molecule has 3 aromatic carbocycles. The highest BCUT2D eigenvalue weighted by atomic mass is 35.5. The van der Waals surface area contributed by atoms with Crippen molar-refractivity contribution in [2.24, 2.45) is 0 Å². The van der Waals surface area contributed by atoms with E-state index in [1.807, 2.05) is 20.8 Å². The predicted octanol–water partition coefficient (Wildman–Crippen LogP) is 6.68. The van der Waals surface area contributed by atoms with Crippen LogP contribution in [0.25, 0.3) is 0 Å². The average Bonchev–Trinajstić information content (AvgIpc) is 3.50. The topological polar surface area (TPSA) is 96.0 Å². The van der Waals surface area contributed by atoms with Crippen molar-refractivity contribution in [3.8, 4) is 5.75 Å². The molecule has 2 amide bonds. The Hall–Kier alpha value is -3.27. The van der Waals surface area contributed by atoms with Crippen LogP contribution in [0.5, 0.6) is 5.75 Å². The highest BCUT2D eigenvalue weighted by Gasteiger charge is 2.35. The summed E-state index contributed by atoms with van der Waals surface area (Å²) in [7, 11) is -2.80. The maximum atomic E-state index is 14.4. The van der Waals surface area contributed by atoms with E-state index < -0.39 is 28.5 Å². The summed E-state index contributed by atoms with van der Waals surface area (Å²) in [6.07, 6.45) is 4.15. The average molecular weight is 661 g/mol. The smallest absolute Gasteiger partial charge is 0.264 e. The molecule has 44 heavy (non-hydrogen) atoms. The Labute approximate surface area is 270 Å². The van der Waals surface area contributed by atoms with Gasteiger partial charge in [0.1, 0.15) is 18.3 Å². The summed E-state index contributed by atoms with van der Waals surface area (Å²) in [6.45, 7) is 4.93. The minimum atomic E-state index is -4.24. The van der Waals surface area contributed by atoms with Crippen LogP contribution >= 0.6 is 23.2 Å². The molecule has 0 aliphatic heterocycles.